The van der Waals surface area contributed by atoms with Crippen LogP contribution in [0.1, 0.15) is 24.8 Å². The minimum atomic E-state index is -0.605. The molecule has 0 unspecified atom stereocenters. The topological polar surface area (TPSA) is 89.7 Å². The minimum absolute atomic E-state index is 0.0592. The van der Waals surface area contributed by atoms with Gasteiger partial charge in [-0.2, -0.15) is 0 Å². The highest BCUT2D eigenvalue weighted by Crippen LogP contribution is 2.17. The molecule has 23 heavy (non-hydrogen) atoms. The second kappa shape index (κ2) is 7.97. The second-order valence-electron chi connectivity index (χ2n) is 5.47. The summed E-state index contributed by atoms with van der Waals surface area (Å²) < 4.78 is 5.00. The molecule has 124 valence electrons. The smallest absolute Gasteiger partial charge is 0.310 e. The highest BCUT2D eigenvalue weighted by Gasteiger charge is 2.30. The van der Waals surface area contributed by atoms with Crippen molar-refractivity contribution in [2.24, 2.45) is 5.73 Å². The number of benzene rings is 1. The van der Waals surface area contributed by atoms with Gasteiger partial charge in [0.15, 0.2) is 6.61 Å². The zero-order chi connectivity index (χ0) is 16.8. The van der Waals surface area contributed by atoms with E-state index in [4.69, 9.17) is 22.1 Å². The van der Waals surface area contributed by atoms with Crippen LogP contribution in [0.15, 0.2) is 24.3 Å². The van der Waals surface area contributed by atoms with Crippen LogP contribution < -0.4 is 5.73 Å². The molecule has 1 aliphatic heterocycles. The Hall–Kier alpha value is -2.08. The van der Waals surface area contributed by atoms with Gasteiger partial charge in [-0.1, -0.05) is 23.7 Å². The Bertz CT molecular complexity index is 588. The number of amides is 2. The summed E-state index contributed by atoms with van der Waals surface area (Å²) in [6.45, 7) is 0.0807. The Morgan fingerprint density at radius 1 is 1.22 bits per heavy atom. The van der Waals surface area contributed by atoms with E-state index in [1.165, 1.54) is 4.90 Å². The summed E-state index contributed by atoms with van der Waals surface area (Å²) >= 11 is 5.77. The van der Waals surface area contributed by atoms with Gasteiger partial charge in [-0.25, -0.2) is 0 Å². The maximum Gasteiger partial charge on any atom is 0.310 e. The van der Waals surface area contributed by atoms with Crippen LogP contribution in [0.5, 0.6) is 0 Å². The van der Waals surface area contributed by atoms with Gasteiger partial charge in [0.1, 0.15) is 6.04 Å². The fraction of sp³-hybridized carbons (Fsp3) is 0.438. The Morgan fingerprint density at radius 2 is 1.91 bits per heavy atom. The monoisotopic (exact) mass is 338 g/mol. The summed E-state index contributed by atoms with van der Waals surface area (Å²) in [6.07, 6.45) is 2.28. The average Bonchev–Trinajstić information content (AvgIpc) is 2.54. The fourth-order valence-corrected chi connectivity index (χ4v) is 2.70. The third-order valence-corrected chi connectivity index (χ3v) is 4.02. The molecule has 1 saturated heterocycles. The Labute approximate surface area is 139 Å². The van der Waals surface area contributed by atoms with Crippen LogP contribution in [0.4, 0.5) is 0 Å². The largest absolute Gasteiger partial charge is 0.455 e. The van der Waals surface area contributed by atoms with Gasteiger partial charge in [0.05, 0.1) is 6.42 Å². The van der Waals surface area contributed by atoms with Crippen molar-refractivity contribution in [1.82, 2.24) is 4.90 Å². The summed E-state index contributed by atoms with van der Waals surface area (Å²) in [4.78, 5) is 36.7. The van der Waals surface area contributed by atoms with E-state index in [9.17, 15) is 14.4 Å². The summed E-state index contributed by atoms with van der Waals surface area (Å²) in [7, 11) is 0. The molecule has 0 spiro atoms. The zero-order valence-corrected chi connectivity index (χ0v) is 13.4. The van der Waals surface area contributed by atoms with Gasteiger partial charge in [-0.05, 0) is 37.0 Å². The molecular weight excluding hydrogens is 320 g/mol. The van der Waals surface area contributed by atoms with E-state index >= 15 is 0 Å². The van der Waals surface area contributed by atoms with Crippen molar-refractivity contribution in [3.63, 3.8) is 0 Å². The average molecular weight is 339 g/mol. The van der Waals surface area contributed by atoms with Crippen molar-refractivity contribution < 1.29 is 19.1 Å². The number of primary amides is 1. The molecule has 1 aromatic carbocycles. The summed E-state index contributed by atoms with van der Waals surface area (Å²) in [5, 5.41) is 0.583. The third kappa shape index (κ3) is 4.96. The molecule has 2 amide bonds. The van der Waals surface area contributed by atoms with Gasteiger partial charge >= 0.3 is 5.97 Å². The van der Waals surface area contributed by atoms with Crippen molar-refractivity contribution in [1.29, 1.82) is 0 Å². The molecule has 1 aliphatic rings. The van der Waals surface area contributed by atoms with Crippen LogP contribution in [-0.4, -0.2) is 41.9 Å². The summed E-state index contributed by atoms with van der Waals surface area (Å²) in [5.74, 6) is -1.42. The normalized spacial score (nSPS) is 17.6. The minimum Gasteiger partial charge on any atom is -0.455 e. The van der Waals surface area contributed by atoms with E-state index in [1.54, 1.807) is 24.3 Å². The lowest BCUT2D eigenvalue weighted by Crippen LogP contribution is -2.51. The standard InChI is InChI=1S/C16H19ClN2O4/c17-12-6-4-11(5-7-12)9-15(21)23-10-14(20)19-8-2-1-3-13(19)16(18)22/h4-7,13H,1-3,8-10H2,(H2,18,22)/t13-/m1/s1. The maximum atomic E-state index is 12.1. The van der Waals surface area contributed by atoms with E-state index < -0.39 is 23.8 Å². The van der Waals surface area contributed by atoms with E-state index in [-0.39, 0.29) is 13.0 Å². The first kappa shape index (κ1) is 17.3. The van der Waals surface area contributed by atoms with Gasteiger partial charge in [0, 0.05) is 11.6 Å². The number of ether oxygens (including phenoxy) is 1. The number of likely N-dealkylation sites (tertiary alicyclic amines) is 1. The number of esters is 1. The van der Waals surface area contributed by atoms with Crippen molar-refractivity contribution in [3.05, 3.63) is 34.9 Å². The second-order valence-corrected chi connectivity index (χ2v) is 5.90. The lowest BCUT2D eigenvalue weighted by Gasteiger charge is -2.33. The summed E-state index contributed by atoms with van der Waals surface area (Å²) in [5.41, 5.74) is 6.06. The predicted molar refractivity (Wildman–Crippen MR) is 84.7 cm³/mol. The molecule has 0 saturated carbocycles. The maximum absolute atomic E-state index is 12.1. The van der Waals surface area contributed by atoms with E-state index in [0.29, 0.717) is 18.0 Å². The number of piperidine rings is 1. The number of hydrogen-bond acceptors (Lipinski definition) is 4. The van der Waals surface area contributed by atoms with Gasteiger partial charge in [-0.3, -0.25) is 14.4 Å². The number of nitrogens with two attached hydrogens (primary N) is 1. The predicted octanol–water partition coefficient (Wildman–Crippen LogP) is 1.29. The molecule has 6 nitrogen and oxygen atoms in total. The number of halogens is 1. The third-order valence-electron chi connectivity index (χ3n) is 3.77. The first-order valence-corrected chi connectivity index (χ1v) is 7.84. The molecule has 1 heterocycles. The van der Waals surface area contributed by atoms with E-state index in [0.717, 1.165) is 18.4 Å². The van der Waals surface area contributed by atoms with Gasteiger partial charge < -0.3 is 15.4 Å². The first-order valence-electron chi connectivity index (χ1n) is 7.46. The van der Waals surface area contributed by atoms with Crippen molar-refractivity contribution in [2.75, 3.05) is 13.2 Å². The van der Waals surface area contributed by atoms with E-state index in [1.807, 2.05) is 0 Å². The van der Waals surface area contributed by atoms with Gasteiger partial charge in [-0.15, -0.1) is 0 Å². The number of carbonyl (C=O) groups is 3. The van der Waals surface area contributed by atoms with Crippen LogP contribution in [0.25, 0.3) is 0 Å². The Morgan fingerprint density at radius 3 is 2.57 bits per heavy atom. The molecule has 1 fully saturated rings. The van der Waals surface area contributed by atoms with Gasteiger partial charge in [0.2, 0.25) is 5.91 Å². The van der Waals surface area contributed by atoms with Crippen LogP contribution in [0, 0.1) is 0 Å². The molecular formula is C16H19ClN2O4. The number of nitrogens with zero attached hydrogens (tertiary/aromatic N) is 1. The summed E-state index contributed by atoms with van der Waals surface area (Å²) in [6, 6.07) is 6.20. The quantitative estimate of drug-likeness (QED) is 0.819. The molecule has 2 N–H and O–H groups in total. The first-order chi connectivity index (χ1) is 11.0. The van der Waals surface area contributed by atoms with Crippen LogP contribution in [0.2, 0.25) is 5.02 Å². The number of hydrogen-bond donors (Lipinski definition) is 1. The van der Waals surface area contributed by atoms with E-state index in [2.05, 4.69) is 0 Å². The molecule has 0 bridgehead atoms. The fourth-order valence-electron chi connectivity index (χ4n) is 2.57. The number of carbonyl (C=O) groups excluding carboxylic acids is 3. The highest BCUT2D eigenvalue weighted by atomic mass is 35.5. The lowest BCUT2D eigenvalue weighted by molar-refractivity contribution is -0.154. The van der Waals surface area contributed by atoms with Gasteiger partial charge in [0.25, 0.3) is 5.91 Å². The van der Waals surface area contributed by atoms with Crippen molar-refractivity contribution in [2.45, 2.75) is 31.7 Å². The Balaban J connectivity index is 1.84. The molecule has 0 aliphatic carbocycles. The van der Waals surface area contributed by atoms with Crippen LogP contribution >= 0.6 is 11.6 Å². The SMILES string of the molecule is NC(=O)[C@H]1CCCCN1C(=O)COC(=O)Cc1ccc(Cl)cc1. The molecule has 0 radical (unpaired) electrons. The molecule has 1 aromatic rings. The number of rotatable bonds is 5. The van der Waals surface area contributed by atoms with Crippen LogP contribution in [-0.2, 0) is 25.5 Å². The van der Waals surface area contributed by atoms with Crippen molar-refractivity contribution in [3.8, 4) is 0 Å². The Kier molecular flexibility index (Phi) is 5.98. The zero-order valence-electron chi connectivity index (χ0n) is 12.7. The molecule has 2 rings (SSSR count). The lowest BCUT2D eigenvalue weighted by atomic mass is 10.0. The molecule has 0 aromatic heterocycles. The van der Waals surface area contributed by atoms with Crippen molar-refractivity contribution >= 4 is 29.4 Å². The van der Waals surface area contributed by atoms with Crippen LogP contribution in [0.3, 0.4) is 0 Å². The molecule has 7 heteroatoms. The molecule has 1 atom stereocenters. The highest BCUT2D eigenvalue weighted by molar-refractivity contribution is 6.30.